The molecule has 106 valence electrons. The van der Waals surface area contributed by atoms with Crippen LogP contribution in [-0.2, 0) is 6.61 Å². The van der Waals surface area contributed by atoms with Crippen LogP contribution in [0.2, 0.25) is 0 Å². The van der Waals surface area contributed by atoms with E-state index in [1.54, 1.807) is 0 Å². The Morgan fingerprint density at radius 2 is 1.80 bits per heavy atom. The molecular formula is C18H23NO. The van der Waals surface area contributed by atoms with Gasteiger partial charge in [0.15, 0.2) is 0 Å². The van der Waals surface area contributed by atoms with E-state index in [2.05, 4.69) is 61.2 Å². The second kappa shape index (κ2) is 7.11. The smallest absolute Gasteiger partial charge is 0.0702 e. The van der Waals surface area contributed by atoms with E-state index >= 15 is 0 Å². The molecule has 2 nitrogen and oxygen atoms in total. The van der Waals surface area contributed by atoms with Crippen molar-refractivity contribution in [3.05, 3.63) is 59.7 Å². The van der Waals surface area contributed by atoms with E-state index < -0.39 is 0 Å². The molecule has 0 atom stereocenters. The van der Waals surface area contributed by atoms with E-state index in [0.717, 1.165) is 30.6 Å². The van der Waals surface area contributed by atoms with Crippen molar-refractivity contribution in [2.45, 2.75) is 33.3 Å². The summed E-state index contributed by atoms with van der Waals surface area (Å²) in [7, 11) is 0. The van der Waals surface area contributed by atoms with Crippen LogP contribution in [0.25, 0.3) is 0 Å². The fraction of sp³-hybridized carbons (Fsp3) is 0.333. The highest BCUT2D eigenvalue weighted by Crippen LogP contribution is 2.29. The van der Waals surface area contributed by atoms with Gasteiger partial charge < -0.3 is 10.0 Å². The Bertz CT molecular complexity index is 536. The van der Waals surface area contributed by atoms with Crippen molar-refractivity contribution in [1.29, 1.82) is 0 Å². The fourth-order valence-corrected chi connectivity index (χ4v) is 2.42. The van der Waals surface area contributed by atoms with Gasteiger partial charge in [0.2, 0.25) is 0 Å². The van der Waals surface area contributed by atoms with Gasteiger partial charge in [-0.25, -0.2) is 0 Å². The van der Waals surface area contributed by atoms with E-state index in [-0.39, 0.29) is 6.61 Å². The van der Waals surface area contributed by atoms with Crippen LogP contribution < -0.4 is 4.90 Å². The average Bonchev–Trinajstić information content (AvgIpc) is 2.49. The van der Waals surface area contributed by atoms with E-state index in [1.165, 1.54) is 11.3 Å². The first-order chi connectivity index (χ1) is 9.76. The first-order valence-electron chi connectivity index (χ1n) is 7.29. The minimum atomic E-state index is 0.0759. The Morgan fingerprint density at radius 3 is 2.45 bits per heavy atom. The molecule has 2 rings (SSSR count). The molecule has 0 unspecified atom stereocenters. The number of aliphatic hydroxyl groups excluding tert-OH is 1. The zero-order valence-electron chi connectivity index (χ0n) is 12.3. The largest absolute Gasteiger partial charge is 0.392 e. The number of rotatable bonds is 6. The summed E-state index contributed by atoms with van der Waals surface area (Å²) >= 11 is 0. The average molecular weight is 269 g/mol. The Hall–Kier alpha value is -1.80. The van der Waals surface area contributed by atoms with Crippen molar-refractivity contribution in [2.24, 2.45) is 0 Å². The van der Waals surface area contributed by atoms with Crippen LogP contribution in [-0.4, -0.2) is 11.7 Å². The van der Waals surface area contributed by atoms with E-state index in [4.69, 9.17) is 0 Å². The van der Waals surface area contributed by atoms with Crippen LogP contribution in [0.4, 0.5) is 11.4 Å². The lowest BCUT2D eigenvalue weighted by molar-refractivity contribution is 0.282. The van der Waals surface area contributed by atoms with E-state index in [9.17, 15) is 5.11 Å². The molecule has 1 N–H and O–H groups in total. The van der Waals surface area contributed by atoms with Crippen molar-refractivity contribution in [3.8, 4) is 0 Å². The maximum absolute atomic E-state index is 9.64. The number of unbranched alkanes of at least 4 members (excludes halogenated alkanes) is 1. The quantitative estimate of drug-likeness (QED) is 0.838. The number of aryl methyl sites for hydroxylation is 1. The molecule has 0 aliphatic rings. The SMILES string of the molecule is CCCCN(c1ccccc1)c1ccc(C)cc1CO. The van der Waals surface area contributed by atoms with Crippen LogP contribution in [0.1, 0.15) is 30.9 Å². The van der Waals surface area contributed by atoms with Crippen LogP contribution in [0.3, 0.4) is 0 Å². The van der Waals surface area contributed by atoms with Gasteiger partial charge in [-0.1, -0.05) is 49.2 Å². The summed E-state index contributed by atoms with van der Waals surface area (Å²) < 4.78 is 0. The molecule has 0 radical (unpaired) electrons. The normalized spacial score (nSPS) is 10.6. The number of hydrogen-bond donors (Lipinski definition) is 1. The van der Waals surface area contributed by atoms with Crippen LogP contribution >= 0.6 is 0 Å². The molecule has 0 aliphatic heterocycles. The number of nitrogens with zero attached hydrogens (tertiary/aromatic N) is 1. The molecule has 0 saturated carbocycles. The van der Waals surface area contributed by atoms with Crippen LogP contribution in [0, 0.1) is 6.92 Å². The Balaban J connectivity index is 2.41. The van der Waals surface area contributed by atoms with Gasteiger partial charge in [-0.3, -0.25) is 0 Å². The van der Waals surface area contributed by atoms with Gasteiger partial charge in [-0.15, -0.1) is 0 Å². The highest BCUT2D eigenvalue weighted by Gasteiger charge is 2.12. The lowest BCUT2D eigenvalue weighted by Gasteiger charge is -2.27. The predicted molar refractivity (Wildman–Crippen MR) is 85.5 cm³/mol. The summed E-state index contributed by atoms with van der Waals surface area (Å²) in [4.78, 5) is 2.30. The lowest BCUT2D eigenvalue weighted by atomic mass is 10.1. The van der Waals surface area contributed by atoms with E-state index in [1.807, 2.05) is 6.07 Å². The maximum Gasteiger partial charge on any atom is 0.0702 e. The second-order valence-corrected chi connectivity index (χ2v) is 5.13. The highest BCUT2D eigenvalue weighted by molar-refractivity contribution is 5.66. The molecule has 0 amide bonds. The minimum absolute atomic E-state index is 0.0759. The maximum atomic E-state index is 9.64. The first-order valence-corrected chi connectivity index (χ1v) is 7.29. The van der Waals surface area contributed by atoms with Gasteiger partial charge in [0.1, 0.15) is 0 Å². The van der Waals surface area contributed by atoms with Gasteiger partial charge in [0.25, 0.3) is 0 Å². The van der Waals surface area contributed by atoms with Gasteiger partial charge in [-0.05, 0) is 31.5 Å². The first kappa shape index (κ1) is 14.6. The van der Waals surface area contributed by atoms with Gasteiger partial charge >= 0.3 is 0 Å². The molecule has 0 bridgehead atoms. The van der Waals surface area contributed by atoms with Crippen LogP contribution in [0.15, 0.2) is 48.5 Å². The van der Waals surface area contributed by atoms with Crippen molar-refractivity contribution in [2.75, 3.05) is 11.4 Å². The topological polar surface area (TPSA) is 23.5 Å². The molecule has 2 heteroatoms. The fourth-order valence-electron chi connectivity index (χ4n) is 2.42. The van der Waals surface area contributed by atoms with Gasteiger partial charge in [0, 0.05) is 23.5 Å². The zero-order valence-corrected chi connectivity index (χ0v) is 12.3. The summed E-state index contributed by atoms with van der Waals surface area (Å²) in [6, 6.07) is 16.7. The molecule has 0 aromatic heterocycles. The molecule has 2 aromatic carbocycles. The lowest BCUT2D eigenvalue weighted by Crippen LogP contribution is -2.19. The molecule has 0 aliphatic carbocycles. The second-order valence-electron chi connectivity index (χ2n) is 5.13. The summed E-state index contributed by atoms with van der Waals surface area (Å²) in [5.41, 5.74) is 4.46. The number of hydrogen-bond acceptors (Lipinski definition) is 2. The molecular weight excluding hydrogens is 246 g/mol. The van der Waals surface area contributed by atoms with Gasteiger partial charge in [0.05, 0.1) is 6.61 Å². The minimum Gasteiger partial charge on any atom is -0.392 e. The van der Waals surface area contributed by atoms with Gasteiger partial charge in [-0.2, -0.15) is 0 Å². The molecule has 20 heavy (non-hydrogen) atoms. The van der Waals surface area contributed by atoms with Crippen molar-refractivity contribution in [3.63, 3.8) is 0 Å². The molecule has 0 fully saturated rings. The third-order valence-electron chi connectivity index (χ3n) is 3.50. The molecule has 0 saturated heterocycles. The molecule has 0 spiro atoms. The number of aliphatic hydroxyl groups is 1. The number of benzene rings is 2. The predicted octanol–water partition coefficient (Wildman–Crippen LogP) is 4.43. The van der Waals surface area contributed by atoms with E-state index in [0.29, 0.717) is 0 Å². The van der Waals surface area contributed by atoms with Crippen molar-refractivity contribution < 1.29 is 5.11 Å². The Labute approximate surface area is 121 Å². The summed E-state index contributed by atoms with van der Waals surface area (Å²) in [5.74, 6) is 0. The number of para-hydroxylation sites is 1. The third-order valence-corrected chi connectivity index (χ3v) is 3.50. The molecule has 0 heterocycles. The highest BCUT2D eigenvalue weighted by atomic mass is 16.3. The Morgan fingerprint density at radius 1 is 1.05 bits per heavy atom. The Kier molecular flexibility index (Phi) is 5.19. The van der Waals surface area contributed by atoms with Crippen LogP contribution in [0.5, 0.6) is 0 Å². The summed E-state index contributed by atoms with van der Waals surface area (Å²) in [6.45, 7) is 5.30. The van der Waals surface area contributed by atoms with Crippen molar-refractivity contribution in [1.82, 2.24) is 0 Å². The summed E-state index contributed by atoms with van der Waals surface area (Å²) in [5, 5.41) is 9.64. The zero-order chi connectivity index (χ0) is 14.4. The number of anilines is 2. The standard InChI is InChI=1S/C18H23NO/c1-3-4-12-19(17-8-6-5-7-9-17)18-11-10-15(2)13-16(18)14-20/h5-11,13,20H,3-4,12,14H2,1-2H3. The summed E-state index contributed by atoms with van der Waals surface area (Å²) in [6.07, 6.45) is 2.29. The van der Waals surface area contributed by atoms with Crippen molar-refractivity contribution >= 4 is 11.4 Å². The monoisotopic (exact) mass is 269 g/mol. The molecule has 2 aromatic rings. The third kappa shape index (κ3) is 3.40.